The van der Waals surface area contributed by atoms with Crippen LogP contribution >= 0.6 is 0 Å². The van der Waals surface area contributed by atoms with Crippen LogP contribution in [0.2, 0.25) is 0 Å². The molecule has 0 amide bonds. The van der Waals surface area contributed by atoms with Gasteiger partial charge in [-0.25, -0.2) is 0 Å². The van der Waals surface area contributed by atoms with Crippen LogP contribution < -0.4 is 11.1 Å². The lowest BCUT2D eigenvalue weighted by atomic mass is 9.99. The first-order valence-electron chi connectivity index (χ1n) is 9.03. The van der Waals surface area contributed by atoms with Crippen LogP contribution in [-0.4, -0.2) is 31.1 Å². The van der Waals surface area contributed by atoms with Gasteiger partial charge in [-0.05, 0) is 68.9 Å². The summed E-state index contributed by atoms with van der Waals surface area (Å²) in [5, 5.41) is 3.51. The van der Waals surface area contributed by atoms with Crippen LogP contribution in [0, 0.1) is 5.92 Å². The molecule has 1 aliphatic rings. The van der Waals surface area contributed by atoms with Gasteiger partial charge < -0.3 is 11.1 Å². The Balaban J connectivity index is 1.64. The molecule has 3 nitrogen and oxygen atoms in total. The summed E-state index contributed by atoms with van der Waals surface area (Å²) in [6.07, 6.45) is 7.62. The molecule has 0 unspecified atom stereocenters. The predicted molar refractivity (Wildman–Crippen MR) is 96.1 cm³/mol. The number of unbranched alkanes of at least 4 members (excludes halogenated alkanes) is 3. The van der Waals surface area contributed by atoms with E-state index in [1.807, 2.05) is 0 Å². The second-order valence-electron chi connectivity index (χ2n) is 6.79. The quantitative estimate of drug-likeness (QED) is 0.681. The predicted octanol–water partition coefficient (Wildman–Crippen LogP) is 3.85. The molecular formula is C19H33N3. The lowest BCUT2D eigenvalue weighted by Crippen LogP contribution is -2.32. The van der Waals surface area contributed by atoms with E-state index >= 15 is 0 Å². The topological polar surface area (TPSA) is 41.3 Å². The zero-order valence-corrected chi connectivity index (χ0v) is 14.2. The lowest BCUT2D eigenvalue weighted by molar-refractivity contribution is 0.185. The average Bonchev–Trinajstić information content (AvgIpc) is 2.54. The van der Waals surface area contributed by atoms with Crippen LogP contribution in [0.15, 0.2) is 24.3 Å². The molecule has 22 heavy (non-hydrogen) atoms. The molecule has 1 aromatic rings. The summed E-state index contributed by atoms with van der Waals surface area (Å²) in [7, 11) is 0. The number of hydrogen-bond acceptors (Lipinski definition) is 3. The van der Waals surface area contributed by atoms with Crippen molar-refractivity contribution in [1.29, 1.82) is 0 Å². The van der Waals surface area contributed by atoms with Gasteiger partial charge in [0.15, 0.2) is 0 Å². The Kier molecular flexibility index (Phi) is 7.75. The number of benzene rings is 1. The van der Waals surface area contributed by atoms with Gasteiger partial charge in [0.25, 0.3) is 0 Å². The molecule has 0 spiro atoms. The van der Waals surface area contributed by atoms with Crippen LogP contribution in [0.25, 0.3) is 0 Å². The molecule has 2 rings (SSSR count). The normalized spacial score (nSPS) is 16.8. The molecule has 0 atom stereocenters. The van der Waals surface area contributed by atoms with Crippen LogP contribution in [0.3, 0.4) is 0 Å². The number of likely N-dealkylation sites (tertiary alicyclic amines) is 1. The van der Waals surface area contributed by atoms with Crippen molar-refractivity contribution in [3.8, 4) is 0 Å². The third-order valence-corrected chi connectivity index (χ3v) is 4.70. The van der Waals surface area contributed by atoms with E-state index in [1.54, 1.807) is 0 Å². The summed E-state index contributed by atoms with van der Waals surface area (Å²) in [5.74, 6) is 0.910. The first kappa shape index (κ1) is 17.3. The minimum Gasteiger partial charge on any atom is -0.385 e. The minimum atomic E-state index is 0.824. The van der Waals surface area contributed by atoms with E-state index in [0.29, 0.717) is 0 Å². The first-order valence-corrected chi connectivity index (χ1v) is 9.03. The summed E-state index contributed by atoms with van der Waals surface area (Å²) >= 11 is 0. The smallest absolute Gasteiger partial charge is 0.0340 e. The molecule has 1 aromatic carbocycles. The zero-order valence-electron chi connectivity index (χ0n) is 14.2. The molecule has 1 heterocycles. The lowest BCUT2D eigenvalue weighted by Gasteiger charge is -2.30. The van der Waals surface area contributed by atoms with E-state index in [2.05, 4.69) is 41.4 Å². The van der Waals surface area contributed by atoms with Gasteiger partial charge in [0.1, 0.15) is 0 Å². The number of nitrogens with zero attached hydrogens (tertiary/aromatic N) is 1. The van der Waals surface area contributed by atoms with Crippen molar-refractivity contribution in [3.63, 3.8) is 0 Å². The molecule has 0 saturated carbocycles. The van der Waals surface area contributed by atoms with Gasteiger partial charge in [0.2, 0.25) is 0 Å². The molecule has 124 valence electrons. The van der Waals surface area contributed by atoms with Crippen LogP contribution in [0.1, 0.15) is 51.0 Å². The number of anilines is 1. The number of nitrogens with one attached hydrogen (secondary N) is 1. The summed E-state index contributed by atoms with van der Waals surface area (Å²) in [4.78, 5) is 2.58. The van der Waals surface area contributed by atoms with Gasteiger partial charge in [0, 0.05) is 18.8 Å². The van der Waals surface area contributed by atoms with Crippen molar-refractivity contribution in [3.05, 3.63) is 29.8 Å². The fourth-order valence-electron chi connectivity index (χ4n) is 3.06. The summed E-state index contributed by atoms with van der Waals surface area (Å²) in [6, 6.07) is 8.99. The highest BCUT2D eigenvalue weighted by Gasteiger charge is 2.15. The van der Waals surface area contributed by atoms with Crippen molar-refractivity contribution in [1.82, 2.24) is 4.90 Å². The summed E-state index contributed by atoms with van der Waals surface area (Å²) in [6.45, 7) is 7.87. The van der Waals surface area contributed by atoms with E-state index in [1.165, 1.54) is 56.4 Å². The molecule has 0 aliphatic carbocycles. The molecule has 3 heteroatoms. The Bertz CT molecular complexity index is 394. The van der Waals surface area contributed by atoms with Crippen molar-refractivity contribution in [2.45, 2.75) is 52.0 Å². The Morgan fingerprint density at radius 3 is 2.41 bits per heavy atom. The second-order valence-corrected chi connectivity index (χ2v) is 6.79. The second kappa shape index (κ2) is 9.86. The van der Waals surface area contributed by atoms with Gasteiger partial charge in [-0.1, -0.05) is 31.9 Å². The third-order valence-electron chi connectivity index (χ3n) is 4.70. The van der Waals surface area contributed by atoms with E-state index in [-0.39, 0.29) is 0 Å². The van der Waals surface area contributed by atoms with Crippen LogP contribution in [-0.2, 0) is 6.54 Å². The van der Waals surface area contributed by atoms with Gasteiger partial charge in [0.05, 0.1) is 0 Å². The summed E-state index contributed by atoms with van der Waals surface area (Å²) in [5.41, 5.74) is 8.18. The Morgan fingerprint density at radius 1 is 1.05 bits per heavy atom. The molecular weight excluding hydrogens is 270 g/mol. The van der Waals surface area contributed by atoms with Gasteiger partial charge in [-0.15, -0.1) is 0 Å². The Morgan fingerprint density at radius 2 is 1.73 bits per heavy atom. The fourth-order valence-corrected chi connectivity index (χ4v) is 3.06. The third kappa shape index (κ3) is 6.37. The number of hydrogen-bond donors (Lipinski definition) is 2. The maximum absolute atomic E-state index is 5.50. The first-order chi connectivity index (χ1) is 10.8. The summed E-state index contributed by atoms with van der Waals surface area (Å²) < 4.78 is 0. The maximum atomic E-state index is 5.50. The van der Waals surface area contributed by atoms with Crippen molar-refractivity contribution < 1.29 is 0 Å². The van der Waals surface area contributed by atoms with Gasteiger partial charge in [-0.2, -0.15) is 0 Å². The monoisotopic (exact) mass is 303 g/mol. The van der Waals surface area contributed by atoms with Crippen molar-refractivity contribution >= 4 is 5.69 Å². The SMILES string of the molecule is CC1CCN(Cc2ccc(NCCCCCCN)cc2)CC1. The van der Waals surface area contributed by atoms with Crippen molar-refractivity contribution in [2.75, 3.05) is 31.5 Å². The Hall–Kier alpha value is -1.06. The molecule has 3 N–H and O–H groups in total. The number of nitrogens with two attached hydrogens (primary N) is 1. The molecule has 1 saturated heterocycles. The van der Waals surface area contributed by atoms with E-state index in [4.69, 9.17) is 5.73 Å². The highest BCUT2D eigenvalue weighted by Crippen LogP contribution is 2.19. The fraction of sp³-hybridized carbons (Fsp3) is 0.684. The molecule has 1 fully saturated rings. The largest absolute Gasteiger partial charge is 0.385 e. The van der Waals surface area contributed by atoms with Gasteiger partial charge >= 0.3 is 0 Å². The number of rotatable bonds is 9. The standard InChI is InChI=1S/C19H33N3/c1-17-10-14-22(15-11-17)16-18-6-8-19(9-7-18)21-13-5-3-2-4-12-20/h6-9,17,21H,2-5,10-16,20H2,1H3. The van der Waals surface area contributed by atoms with E-state index < -0.39 is 0 Å². The molecule has 0 radical (unpaired) electrons. The number of piperidine rings is 1. The molecule has 0 aromatic heterocycles. The van der Waals surface area contributed by atoms with Crippen LogP contribution in [0.4, 0.5) is 5.69 Å². The Labute approximate surface area is 136 Å². The highest BCUT2D eigenvalue weighted by atomic mass is 15.1. The minimum absolute atomic E-state index is 0.824. The molecule has 1 aliphatic heterocycles. The highest BCUT2D eigenvalue weighted by molar-refractivity contribution is 5.44. The maximum Gasteiger partial charge on any atom is 0.0340 e. The van der Waals surface area contributed by atoms with E-state index in [9.17, 15) is 0 Å². The van der Waals surface area contributed by atoms with E-state index in [0.717, 1.165) is 32.0 Å². The van der Waals surface area contributed by atoms with Crippen LogP contribution in [0.5, 0.6) is 0 Å². The zero-order chi connectivity index (χ0) is 15.6. The van der Waals surface area contributed by atoms with Crippen molar-refractivity contribution in [2.24, 2.45) is 11.7 Å². The van der Waals surface area contributed by atoms with Gasteiger partial charge in [-0.3, -0.25) is 4.90 Å². The average molecular weight is 303 g/mol. The molecule has 0 bridgehead atoms.